The van der Waals surface area contributed by atoms with Gasteiger partial charge in [-0.1, -0.05) is 36.4 Å². The number of halogens is 3. The van der Waals surface area contributed by atoms with Crippen molar-refractivity contribution in [2.75, 3.05) is 6.26 Å². The monoisotopic (exact) mass is 411 g/mol. The van der Waals surface area contributed by atoms with Crippen LogP contribution in [0, 0.1) is 0 Å². The van der Waals surface area contributed by atoms with E-state index in [1.165, 1.54) is 16.0 Å². The van der Waals surface area contributed by atoms with Gasteiger partial charge in [0.2, 0.25) is 0 Å². The minimum Gasteiger partial charge on any atom is -0.224 e. The van der Waals surface area contributed by atoms with Crippen LogP contribution in [0.3, 0.4) is 0 Å². The second-order valence-corrected chi connectivity index (χ2v) is 9.47. The van der Waals surface area contributed by atoms with Crippen molar-refractivity contribution < 1.29 is 21.6 Å². The maximum Gasteiger partial charge on any atom is 0.379 e. The Morgan fingerprint density at radius 3 is 1.33 bits per heavy atom. The second kappa shape index (κ2) is 9.62. The van der Waals surface area contributed by atoms with Crippen LogP contribution in [0.15, 0.2) is 105 Å². The van der Waals surface area contributed by atoms with Crippen LogP contribution in [0.2, 0.25) is 0 Å². The highest BCUT2D eigenvalue weighted by Crippen LogP contribution is 2.31. The Labute approximate surface area is 159 Å². The van der Waals surface area contributed by atoms with Crippen molar-refractivity contribution >= 4 is 20.7 Å². The predicted octanol–water partition coefficient (Wildman–Crippen LogP) is 5.36. The summed E-state index contributed by atoms with van der Waals surface area (Å²) >= 11 is 0. The lowest BCUT2D eigenvalue weighted by atomic mass is 10.4. The molecule has 0 amide bonds. The highest BCUT2D eigenvalue weighted by atomic mass is 32.2. The van der Waals surface area contributed by atoms with Gasteiger partial charge in [0.1, 0.15) is 0 Å². The van der Waals surface area contributed by atoms with E-state index in [-0.39, 0.29) is 10.9 Å². The Morgan fingerprint density at radius 1 is 0.667 bits per heavy atom. The van der Waals surface area contributed by atoms with Gasteiger partial charge >= 0.3 is 6.68 Å². The number of hydrogen-bond acceptors (Lipinski definition) is 2. The zero-order valence-electron chi connectivity index (χ0n) is 14.4. The number of hydrogen-bond donors (Lipinski definition) is 0. The van der Waals surface area contributed by atoms with Gasteiger partial charge in [-0.15, -0.1) is 0 Å². The molecule has 0 radical (unpaired) electrons. The quantitative estimate of drug-likeness (QED) is 0.542. The lowest BCUT2D eigenvalue weighted by molar-refractivity contribution is 0.00819. The first-order valence-electron chi connectivity index (χ1n) is 7.86. The molecule has 0 aromatic heterocycles. The molecule has 142 valence electrons. The Balaban J connectivity index is 0.000000596. The van der Waals surface area contributed by atoms with Gasteiger partial charge in [-0.2, -0.15) is 13.2 Å². The van der Waals surface area contributed by atoms with Crippen LogP contribution in [-0.4, -0.2) is 21.4 Å². The third kappa shape index (κ3) is 6.45. The maximum absolute atomic E-state index is 11.7. The molecule has 0 aliphatic heterocycles. The average Bonchev–Trinajstić information content (AvgIpc) is 2.63. The molecule has 0 spiro atoms. The van der Waals surface area contributed by atoms with E-state index in [1.54, 1.807) is 12.1 Å². The minimum absolute atomic E-state index is 0.245. The van der Waals surface area contributed by atoms with E-state index in [4.69, 9.17) is 0 Å². The summed E-state index contributed by atoms with van der Waals surface area (Å²) in [5, 5.41) is 0. The Morgan fingerprint density at radius 2 is 1.00 bits per heavy atom. The van der Waals surface area contributed by atoms with Crippen LogP contribution in [-0.2, 0) is 20.7 Å². The van der Waals surface area contributed by atoms with Crippen LogP contribution >= 0.6 is 0 Å². The number of rotatable bonds is 4. The first-order chi connectivity index (χ1) is 12.8. The van der Waals surface area contributed by atoms with Gasteiger partial charge in [-0.3, -0.25) is 0 Å². The van der Waals surface area contributed by atoms with Crippen molar-refractivity contribution in [3.8, 4) is 0 Å². The molecule has 0 heterocycles. The molecule has 7 heteroatoms. The van der Waals surface area contributed by atoms with E-state index < -0.39 is 16.5 Å². The molecule has 0 unspecified atom stereocenters. The van der Waals surface area contributed by atoms with E-state index >= 15 is 0 Å². The van der Waals surface area contributed by atoms with Gasteiger partial charge in [0.15, 0.2) is 24.5 Å². The van der Waals surface area contributed by atoms with E-state index in [9.17, 15) is 21.6 Å². The summed E-state index contributed by atoms with van der Waals surface area (Å²) in [5.41, 5.74) is 0. The Bertz CT molecular complexity index is 888. The fraction of sp³-hybridized carbons (Fsp3) is 0.100. The summed E-state index contributed by atoms with van der Waals surface area (Å²) < 4.78 is 52.3. The highest BCUT2D eigenvalue weighted by Gasteiger charge is 2.28. The summed E-state index contributed by atoms with van der Waals surface area (Å²) in [6.07, 6.45) is 1.23. The van der Waals surface area contributed by atoms with Crippen LogP contribution in [0.25, 0.3) is 0 Å². The zero-order chi connectivity index (χ0) is 19.9. The standard InChI is InChI=1S/C19H17O2S2.CHF3/c1-23(20,21)19-14-12-18(13-15-19)22(16-8-4-2-5-9-16)17-10-6-3-7-11-17;2-1(3)4/h2-15H,1H3;1H/q+1;. The number of benzene rings is 3. The summed E-state index contributed by atoms with van der Waals surface area (Å²) in [6.45, 7) is -3.67. The predicted molar refractivity (Wildman–Crippen MR) is 102 cm³/mol. The van der Waals surface area contributed by atoms with Gasteiger partial charge in [0.05, 0.1) is 15.8 Å². The fourth-order valence-corrected chi connectivity index (χ4v) is 5.06. The molecule has 0 fully saturated rings. The highest BCUT2D eigenvalue weighted by molar-refractivity contribution is 7.97. The van der Waals surface area contributed by atoms with Gasteiger partial charge in [-0.05, 0) is 48.5 Å². The molecular formula is C20H18F3O2S2+. The van der Waals surface area contributed by atoms with E-state index in [0.717, 1.165) is 4.90 Å². The van der Waals surface area contributed by atoms with Gasteiger partial charge in [0.25, 0.3) is 0 Å². The SMILES string of the molecule is CS(=O)(=O)c1ccc([S+](c2ccccc2)c2ccccc2)cc1.FC(F)F. The van der Waals surface area contributed by atoms with Crippen LogP contribution in [0.1, 0.15) is 0 Å². The maximum atomic E-state index is 11.7. The number of sulfone groups is 1. The van der Waals surface area contributed by atoms with E-state index in [1.807, 2.05) is 48.5 Å². The lowest BCUT2D eigenvalue weighted by Gasteiger charge is -2.08. The van der Waals surface area contributed by atoms with Crippen LogP contribution in [0.4, 0.5) is 13.2 Å². The smallest absolute Gasteiger partial charge is 0.224 e. The third-order valence-electron chi connectivity index (χ3n) is 3.45. The van der Waals surface area contributed by atoms with Crippen molar-refractivity contribution in [2.45, 2.75) is 26.3 Å². The average molecular weight is 411 g/mol. The molecule has 0 saturated carbocycles. The molecule has 0 bridgehead atoms. The fourth-order valence-electron chi connectivity index (χ4n) is 2.34. The molecule has 2 nitrogen and oxygen atoms in total. The third-order valence-corrected chi connectivity index (χ3v) is 6.80. The van der Waals surface area contributed by atoms with E-state index in [0.29, 0.717) is 4.90 Å². The molecule has 0 saturated heterocycles. The lowest BCUT2D eigenvalue weighted by Crippen LogP contribution is -2.05. The molecule has 0 aliphatic rings. The van der Waals surface area contributed by atoms with Crippen molar-refractivity contribution in [1.29, 1.82) is 0 Å². The summed E-state index contributed by atoms with van der Waals surface area (Å²) in [7, 11) is -3.42. The van der Waals surface area contributed by atoms with Crippen molar-refractivity contribution in [3.63, 3.8) is 0 Å². The Hall–Kier alpha value is -2.25. The van der Waals surface area contributed by atoms with Crippen molar-refractivity contribution in [1.82, 2.24) is 0 Å². The molecule has 27 heavy (non-hydrogen) atoms. The first-order valence-corrected chi connectivity index (χ1v) is 11.0. The van der Waals surface area contributed by atoms with Crippen molar-refractivity contribution in [2.24, 2.45) is 0 Å². The first kappa shape index (κ1) is 21.1. The van der Waals surface area contributed by atoms with Gasteiger partial charge < -0.3 is 0 Å². The second-order valence-electron chi connectivity index (χ2n) is 5.42. The molecule has 3 rings (SSSR count). The topological polar surface area (TPSA) is 34.1 Å². The molecule has 3 aromatic rings. The van der Waals surface area contributed by atoms with Crippen LogP contribution < -0.4 is 0 Å². The van der Waals surface area contributed by atoms with Crippen molar-refractivity contribution in [3.05, 3.63) is 84.9 Å². The van der Waals surface area contributed by atoms with E-state index in [2.05, 4.69) is 24.3 Å². The van der Waals surface area contributed by atoms with Gasteiger partial charge in [-0.25, -0.2) is 8.42 Å². The summed E-state index contributed by atoms with van der Waals surface area (Å²) in [5.74, 6) is 0. The molecule has 0 aliphatic carbocycles. The molecule has 0 N–H and O–H groups in total. The Kier molecular flexibility index (Phi) is 7.50. The largest absolute Gasteiger partial charge is 0.379 e. The molecule has 3 aromatic carbocycles. The van der Waals surface area contributed by atoms with Gasteiger partial charge in [0, 0.05) is 6.26 Å². The summed E-state index contributed by atoms with van der Waals surface area (Å²) in [6, 6.07) is 27.8. The van der Waals surface area contributed by atoms with Crippen LogP contribution in [0.5, 0.6) is 0 Å². The zero-order valence-corrected chi connectivity index (χ0v) is 16.1. The summed E-state index contributed by atoms with van der Waals surface area (Å²) in [4.78, 5) is 3.89. The number of alkyl halides is 3. The normalized spacial score (nSPS) is 11.2. The molecule has 0 atom stereocenters. The minimum atomic E-state index is -3.67. The molecular weight excluding hydrogens is 393 g/mol.